The second-order valence-corrected chi connectivity index (χ2v) is 4.34. The summed E-state index contributed by atoms with van der Waals surface area (Å²) in [5, 5.41) is 12.1. The molecule has 17 heavy (non-hydrogen) atoms. The number of hydrogen-bond donors (Lipinski definition) is 2. The Kier molecular flexibility index (Phi) is 4.97. The molecular weight excluding hydrogens is 216 g/mol. The standard InChI is InChI=1S/C13H20N2O2/c1-4-11(13(16)17)14-12-8-6-5-7-10(12)9-15(2)3/h5-8,11,14H,4,9H2,1-3H3,(H,16,17). The molecule has 0 amide bonds. The van der Waals surface area contributed by atoms with E-state index < -0.39 is 12.0 Å². The first kappa shape index (κ1) is 13.5. The van der Waals surface area contributed by atoms with Crippen molar-refractivity contribution in [3.8, 4) is 0 Å². The van der Waals surface area contributed by atoms with Crippen molar-refractivity contribution in [1.29, 1.82) is 0 Å². The summed E-state index contributed by atoms with van der Waals surface area (Å²) in [5.41, 5.74) is 2.01. The van der Waals surface area contributed by atoms with Crippen LogP contribution in [0, 0.1) is 0 Å². The van der Waals surface area contributed by atoms with Gasteiger partial charge in [0.2, 0.25) is 0 Å². The van der Waals surface area contributed by atoms with E-state index in [0.29, 0.717) is 6.42 Å². The average molecular weight is 236 g/mol. The van der Waals surface area contributed by atoms with E-state index in [9.17, 15) is 4.79 Å². The molecule has 1 rings (SSSR count). The molecule has 1 unspecified atom stereocenters. The third-order valence-electron chi connectivity index (χ3n) is 2.54. The maximum Gasteiger partial charge on any atom is 0.326 e. The van der Waals surface area contributed by atoms with Gasteiger partial charge in [0.15, 0.2) is 0 Å². The Morgan fingerprint density at radius 2 is 2.06 bits per heavy atom. The normalized spacial score (nSPS) is 12.5. The quantitative estimate of drug-likeness (QED) is 0.793. The van der Waals surface area contributed by atoms with Gasteiger partial charge < -0.3 is 15.3 Å². The Bertz CT molecular complexity index is 377. The lowest BCUT2D eigenvalue weighted by Crippen LogP contribution is -2.29. The highest BCUT2D eigenvalue weighted by Gasteiger charge is 2.15. The van der Waals surface area contributed by atoms with Crippen molar-refractivity contribution in [3.63, 3.8) is 0 Å². The molecule has 0 fully saturated rings. The summed E-state index contributed by atoms with van der Waals surface area (Å²) < 4.78 is 0. The van der Waals surface area contributed by atoms with Crippen LogP contribution >= 0.6 is 0 Å². The second kappa shape index (κ2) is 6.25. The summed E-state index contributed by atoms with van der Waals surface area (Å²) in [6.45, 7) is 2.65. The van der Waals surface area contributed by atoms with Crippen LogP contribution in [-0.4, -0.2) is 36.1 Å². The third-order valence-corrected chi connectivity index (χ3v) is 2.54. The van der Waals surface area contributed by atoms with Crippen LogP contribution in [0.3, 0.4) is 0 Å². The van der Waals surface area contributed by atoms with Gasteiger partial charge in [-0.3, -0.25) is 0 Å². The predicted octanol–water partition coefficient (Wildman–Crippen LogP) is 2.02. The van der Waals surface area contributed by atoms with Crippen molar-refractivity contribution in [3.05, 3.63) is 29.8 Å². The molecule has 0 heterocycles. The van der Waals surface area contributed by atoms with Gasteiger partial charge in [-0.2, -0.15) is 0 Å². The fourth-order valence-corrected chi connectivity index (χ4v) is 1.67. The number of hydrogen-bond acceptors (Lipinski definition) is 3. The van der Waals surface area contributed by atoms with E-state index in [0.717, 1.165) is 17.8 Å². The lowest BCUT2D eigenvalue weighted by Gasteiger charge is -2.19. The Labute approximate surface area is 102 Å². The molecule has 1 atom stereocenters. The maximum atomic E-state index is 11.0. The average Bonchev–Trinajstić information content (AvgIpc) is 2.26. The van der Waals surface area contributed by atoms with Crippen molar-refractivity contribution in [2.75, 3.05) is 19.4 Å². The van der Waals surface area contributed by atoms with Gasteiger partial charge in [-0.1, -0.05) is 25.1 Å². The Morgan fingerprint density at radius 1 is 1.41 bits per heavy atom. The highest BCUT2D eigenvalue weighted by molar-refractivity contribution is 5.77. The van der Waals surface area contributed by atoms with Gasteiger partial charge in [0, 0.05) is 12.2 Å². The van der Waals surface area contributed by atoms with Gasteiger partial charge in [-0.15, -0.1) is 0 Å². The zero-order chi connectivity index (χ0) is 12.8. The maximum absolute atomic E-state index is 11.0. The van der Waals surface area contributed by atoms with E-state index in [-0.39, 0.29) is 0 Å². The second-order valence-electron chi connectivity index (χ2n) is 4.34. The van der Waals surface area contributed by atoms with Crippen molar-refractivity contribution in [2.24, 2.45) is 0 Å². The molecule has 1 aromatic carbocycles. The third kappa shape index (κ3) is 4.07. The number of nitrogens with zero attached hydrogens (tertiary/aromatic N) is 1. The fourth-order valence-electron chi connectivity index (χ4n) is 1.67. The highest BCUT2D eigenvalue weighted by atomic mass is 16.4. The van der Waals surface area contributed by atoms with Crippen molar-refractivity contribution in [1.82, 2.24) is 4.90 Å². The largest absolute Gasteiger partial charge is 0.480 e. The summed E-state index contributed by atoms with van der Waals surface area (Å²) in [6, 6.07) is 7.28. The molecule has 0 saturated carbocycles. The zero-order valence-electron chi connectivity index (χ0n) is 10.6. The van der Waals surface area contributed by atoms with E-state index in [1.165, 1.54) is 0 Å². The number of aliphatic carboxylic acids is 1. The lowest BCUT2D eigenvalue weighted by atomic mass is 10.1. The minimum atomic E-state index is -0.813. The molecule has 0 spiro atoms. The molecule has 0 aromatic heterocycles. The number of anilines is 1. The summed E-state index contributed by atoms with van der Waals surface area (Å²) in [4.78, 5) is 13.1. The number of benzene rings is 1. The Morgan fingerprint density at radius 3 is 2.59 bits per heavy atom. The molecule has 0 saturated heterocycles. The SMILES string of the molecule is CCC(Nc1ccccc1CN(C)C)C(=O)O. The Hall–Kier alpha value is -1.55. The van der Waals surface area contributed by atoms with Gasteiger partial charge in [0.25, 0.3) is 0 Å². The molecular formula is C13H20N2O2. The highest BCUT2D eigenvalue weighted by Crippen LogP contribution is 2.18. The monoisotopic (exact) mass is 236 g/mol. The first-order valence-corrected chi connectivity index (χ1v) is 5.76. The van der Waals surface area contributed by atoms with Gasteiger partial charge in [-0.25, -0.2) is 4.79 Å². The van der Waals surface area contributed by atoms with Crippen molar-refractivity contribution in [2.45, 2.75) is 25.9 Å². The number of carboxylic acid groups (broad SMARTS) is 1. The number of para-hydroxylation sites is 1. The summed E-state index contributed by atoms with van der Waals surface area (Å²) in [7, 11) is 3.98. The molecule has 4 nitrogen and oxygen atoms in total. The molecule has 4 heteroatoms. The minimum absolute atomic E-state index is 0.529. The molecule has 1 aromatic rings. The van der Waals surface area contributed by atoms with Crippen LogP contribution in [0.4, 0.5) is 5.69 Å². The molecule has 0 radical (unpaired) electrons. The van der Waals surface area contributed by atoms with Crippen LogP contribution in [0.25, 0.3) is 0 Å². The Balaban J connectivity index is 2.85. The van der Waals surface area contributed by atoms with Crippen LogP contribution in [0.5, 0.6) is 0 Å². The first-order valence-electron chi connectivity index (χ1n) is 5.76. The van der Waals surface area contributed by atoms with E-state index in [4.69, 9.17) is 5.11 Å². The number of carboxylic acids is 1. The summed E-state index contributed by atoms with van der Waals surface area (Å²) in [6.07, 6.45) is 0.561. The topological polar surface area (TPSA) is 52.6 Å². The summed E-state index contributed by atoms with van der Waals surface area (Å²) >= 11 is 0. The molecule has 0 aliphatic rings. The lowest BCUT2D eigenvalue weighted by molar-refractivity contribution is -0.137. The summed E-state index contributed by atoms with van der Waals surface area (Å²) in [5.74, 6) is -0.813. The van der Waals surface area contributed by atoms with Crippen LogP contribution in [0.1, 0.15) is 18.9 Å². The van der Waals surface area contributed by atoms with Crippen LogP contribution in [0.2, 0.25) is 0 Å². The van der Waals surface area contributed by atoms with Gasteiger partial charge in [-0.05, 0) is 32.1 Å². The number of rotatable bonds is 6. The molecule has 94 valence electrons. The van der Waals surface area contributed by atoms with E-state index in [2.05, 4.69) is 10.2 Å². The predicted molar refractivity (Wildman–Crippen MR) is 69.2 cm³/mol. The van der Waals surface area contributed by atoms with Gasteiger partial charge in [0.1, 0.15) is 6.04 Å². The zero-order valence-corrected chi connectivity index (χ0v) is 10.6. The van der Waals surface area contributed by atoms with Gasteiger partial charge in [0.05, 0.1) is 0 Å². The van der Waals surface area contributed by atoms with Crippen LogP contribution in [0.15, 0.2) is 24.3 Å². The molecule has 2 N–H and O–H groups in total. The van der Waals surface area contributed by atoms with Crippen LogP contribution in [-0.2, 0) is 11.3 Å². The smallest absolute Gasteiger partial charge is 0.326 e. The van der Waals surface area contributed by atoms with E-state index in [1.807, 2.05) is 45.3 Å². The molecule has 0 aliphatic carbocycles. The van der Waals surface area contributed by atoms with E-state index >= 15 is 0 Å². The van der Waals surface area contributed by atoms with E-state index in [1.54, 1.807) is 0 Å². The fraction of sp³-hybridized carbons (Fsp3) is 0.462. The molecule has 0 aliphatic heterocycles. The number of carbonyl (C=O) groups is 1. The van der Waals surface area contributed by atoms with Crippen molar-refractivity contribution < 1.29 is 9.90 Å². The number of nitrogens with one attached hydrogen (secondary N) is 1. The van der Waals surface area contributed by atoms with Gasteiger partial charge >= 0.3 is 5.97 Å². The molecule has 0 bridgehead atoms. The minimum Gasteiger partial charge on any atom is -0.480 e. The van der Waals surface area contributed by atoms with Crippen LogP contribution < -0.4 is 5.32 Å². The van der Waals surface area contributed by atoms with Crippen molar-refractivity contribution >= 4 is 11.7 Å². The first-order chi connectivity index (χ1) is 8.04.